The number of aromatic nitrogens is 6. The van der Waals surface area contributed by atoms with Crippen molar-refractivity contribution in [2.45, 2.75) is 20.4 Å². The molecule has 0 spiro atoms. The molecule has 0 aliphatic rings. The molecule has 0 aliphatic heterocycles. The molecule has 0 saturated heterocycles. The Morgan fingerprint density at radius 3 is 2.78 bits per heavy atom. The zero-order valence-electron chi connectivity index (χ0n) is 12.5. The largest absolute Gasteiger partial charge is 0.272 e. The molecule has 4 aromatic rings. The first kappa shape index (κ1) is 14.6. The average Bonchev–Trinajstić information content (AvgIpc) is 3.12. The molecule has 3 aromatic heterocycles. The molecule has 116 valence electrons. The molecule has 23 heavy (non-hydrogen) atoms. The van der Waals surface area contributed by atoms with Gasteiger partial charge in [-0.25, -0.2) is 9.97 Å². The molecule has 1 aromatic carbocycles. The summed E-state index contributed by atoms with van der Waals surface area (Å²) in [5.41, 5.74) is 3.23. The number of hydrogen-bond acceptors (Lipinski definition) is 4. The molecule has 6 nitrogen and oxygen atoms in total. The Morgan fingerprint density at radius 1 is 1.22 bits per heavy atom. The minimum absolute atomic E-state index is 0.277. The Bertz CT molecular complexity index is 1050. The molecule has 0 bridgehead atoms. The van der Waals surface area contributed by atoms with Crippen LogP contribution in [0.5, 0.6) is 0 Å². The van der Waals surface area contributed by atoms with Crippen LogP contribution in [0, 0.1) is 6.92 Å². The van der Waals surface area contributed by atoms with E-state index >= 15 is 0 Å². The van der Waals surface area contributed by atoms with E-state index in [1.165, 1.54) is 0 Å². The second kappa shape index (κ2) is 5.28. The van der Waals surface area contributed by atoms with E-state index in [2.05, 4.69) is 36.1 Å². The Balaban J connectivity index is 2.04. The summed E-state index contributed by atoms with van der Waals surface area (Å²) in [6.07, 6.45) is 1.95. The van der Waals surface area contributed by atoms with Gasteiger partial charge in [-0.15, -0.1) is 5.10 Å². The monoisotopic (exact) mass is 390 g/mol. The normalized spacial score (nSPS) is 11.7. The van der Waals surface area contributed by atoms with Gasteiger partial charge in [0.2, 0.25) is 5.28 Å². The van der Waals surface area contributed by atoms with Crippen molar-refractivity contribution in [2.75, 3.05) is 0 Å². The average molecular weight is 392 g/mol. The molecule has 0 atom stereocenters. The molecule has 0 unspecified atom stereocenters. The summed E-state index contributed by atoms with van der Waals surface area (Å²) in [5.74, 6) is 0.596. The van der Waals surface area contributed by atoms with E-state index in [4.69, 9.17) is 11.6 Å². The summed E-state index contributed by atoms with van der Waals surface area (Å²) in [6, 6.07) is 5.82. The van der Waals surface area contributed by atoms with Gasteiger partial charge in [-0.2, -0.15) is 9.61 Å². The van der Waals surface area contributed by atoms with E-state index in [0.29, 0.717) is 11.5 Å². The highest BCUT2D eigenvalue weighted by Gasteiger charge is 2.17. The van der Waals surface area contributed by atoms with Crippen LogP contribution in [-0.2, 0) is 6.54 Å². The number of halogens is 2. The maximum Gasteiger partial charge on any atom is 0.226 e. The predicted molar refractivity (Wildman–Crippen MR) is 92.6 cm³/mol. The van der Waals surface area contributed by atoms with E-state index in [-0.39, 0.29) is 5.28 Å². The minimum atomic E-state index is 0.277. The highest BCUT2D eigenvalue weighted by molar-refractivity contribution is 9.10. The Hall–Kier alpha value is -1.99. The number of hydrogen-bond donors (Lipinski definition) is 0. The van der Waals surface area contributed by atoms with Crippen LogP contribution in [-0.4, -0.2) is 29.4 Å². The molecular weight excluding hydrogens is 380 g/mol. The predicted octanol–water partition coefficient (Wildman–Crippen LogP) is 3.89. The smallest absolute Gasteiger partial charge is 0.226 e. The van der Waals surface area contributed by atoms with Gasteiger partial charge in [0.05, 0.1) is 16.8 Å². The highest BCUT2D eigenvalue weighted by atomic mass is 79.9. The first-order valence-corrected chi connectivity index (χ1v) is 8.30. The lowest BCUT2D eigenvalue weighted by molar-refractivity contribution is 0.653. The Kier molecular flexibility index (Phi) is 3.35. The van der Waals surface area contributed by atoms with Crippen molar-refractivity contribution in [1.29, 1.82) is 0 Å². The highest BCUT2D eigenvalue weighted by Crippen LogP contribution is 2.29. The van der Waals surface area contributed by atoms with Crippen molar-refractivity contribution in [3.63, 3.8) is 0 Å². The molecule has 0 amide bonds. The quantitative estimate of drug-likeness (QED) is 0.486. The lowest BCUT2D eigenvalue weighted by Crippen LogP contribution is -1.95. The van der Waals surface area contributed by atoms with Crippen molar-refractivity contribution in [2.24, 2.45) is 0 Å². The number of benzene rings is 1. The third kappa shape index (κ3) is 2.22. The zero-order chi connectivity index (χ0) is 16.1. The minimum Gasteiger partial charge on any atom is -0.272 e. The van der Waals surface area contributed by atoms with E-state index in [1.54, 1.807) is 4.52 Å². The van der Waals surface area contributed by atoms with Gasteiger partial charge in [0.1, 0.15) is 0 Å². The van der Waals surface area contributed by atoms with Gasteiger partial charge in [-0.3, -0.25) is 4.68 Å². The third-order valence-electron chi connectivity index (χ3n) is 3.72. The maximum absolute atomic E-state index is 6.29. The molecule has 0 radical (unpaired) electrons. The molecule has 4 rings (SSSR count). The fraction of sp³-hybridized carbons (Fsp3) is 0.200. The van der Waals surface area contributed by atoms with Gasteiger partial charge < -0.3 is 0 Å². The Labute approximate surface area is 145 Å². The number of nitrogens with zero attached hydrogens (tertiary/aromatic N) is 6. The van der Waals surface area contributed by atoms with E-state index < -0.39 is 0 Å². The summed E-state index contributed by atoms with van der Waals surface area (Å²) in [7, 11) is 0. The fourth-order valence-corrected chi connectivity index (χ4v) is 3.23. The van der Waals surface area contributed by atoms with Crippen LogP contribution in [0.25, 0.3) is 27.9 Å². The molecule has 8 heteroatoms. The third-order valence-corrected chi connectivity index (χ3v) is 4.61. The van der Waals surface area contributed by atoms with Crippen LogP contribution >= 0.6 is 27.5 Å². The van der Waals surface area contributed by atoms with Gasteiger partial charge in [0, 0.05) is 22.6 Å². The van der Waals surface area contributed by atoms with Gasteiger partial charge >= 0.3 is 0 Å². The number of rotatable bonds is 2. The maximum atomic E-state index is 6.29. The van der Waals surface area contributed by atoms with Crippen LogP contribution < -0.4 is 0 Å². The van der Waals surface area contributed by atoms with E-state index in [9.17, 15) is 0 Å². The molecule has 0 aliphatic carbocycles. The van der Waals surface area contributed by atoms with Crippen LogP contribution in [0.3, 0.4) is 0 Å². The first-order valence-electron chi connectivity index (χ1n) is 7.13. The summed E-state index contributed by atoms with van der Waals surface area (Å²) in [5, 5.41) is 10.1. The number of para-hydroxylation sites is 1. The molecule has 0 saturated carbocycles. The lowest BCUT2D eigenvalue weighted by atomic mass is 10.2. The lowest BCUT2D eigenvalue weighted by Gasteiger charge is -2.02. The summed E-state index contributed by atoms with van der Waals surface area (Å²) < 4.78 is 4.30. The SMILES string of the molecule is CCn1cc(-c2nc3c4cccc(Br)c4nc(Cl)n3n2)c(C)n1. The van der Waals surface area contributed by atoms with E-state index in [1.807, 2.05) is 42.9 Å². The molecule has 0 fully saturated rings. The first-order chi connectivity index (χ1) is 11.1. The standard InChI is InChI=1S/C15H12BrClN6/c1-3-22-7-10(8(2)20-22)13-19-14-9-5-4-6-11(16)12(9)18-15(17)23(14)21-13/h4-7H,3H2,1-2H3. The molecule has 0 N–H and O–H groups in total. The van der Waals surface area contributed by atoms with Gasteiger partial charge in [0.25, 0.3) is 0 Å². The summed E-state index contributed by atoms with van der Waals surface area (Å²) >= 11 is 9.79. The van der Waals surface area contributed by atoms with Crippen molar-refractivity contribution < 1.29 is 0 Å². The van der Waals surface area contributed by atoms with Crippen molar-refractivity contribution in [3.8, 4) is 11.4 Å². The fourth-order valence-electron chi connectivity index (χ4n) is 2.58. The Morgan fingerprint density at radius 2 is 2.04 bits per heavy atom. The number of fused-ring (bicyclic) bond motifs is 3. The van der Waals surface area contributed by atoms with Crippen LogP contribution in [0.2, 0.25) is 5.28 Å². The second-order valence-electron chi connectivity index (χ2n) is 5.17. The van der Waals surface area contributed by atoms with Crippen molar-refractivity contribution >= 4 is 44.1 Å². The van der Waals surface area contributed by atoms with Crippen LogP contribution in [0.1, 0.15) is 12.6 Å². The van der Waals surface area contributed by atoms with E-state index in [0.717, 1.165) is 33.2 Å². The van der Waals surface area contributed by atoms with Crippen LogP contribution in [0.4, 0.5) is 0 Å². The topological polar surface area (TPSA) is 60.9 Å². The molecular formula is C15H12BrClN6. The summed E-state index contributed by atoms with van der Waals surface area (Å²) in [6.45, 7) is 4.79. The van der Waals surface area contributed by atoms with Crippen LogP contribution in [0.15, 0.2) is 28.9 Å². The molecule has 3 heterocycles. The number of aryl methyl sites for hydroxylation is 2. The van der Waals surface area contributed by atoms with Gasteiger partial charge in [0.15, 0.2) is 11.5 Å². The van der Waals surface area contributed by atoms with Gasteiger partial charge in [-0.05, 0) is 53.5 Å². The zero-order valence-corrected chi connectivity index (χ0v) is 14.8. The second-order valence-corrected chi connectivity index (χ2v) is 6.36. The van der Waals surface area contributed by atoms with Crippen molar-refractivity contribution in [1.82, 2.24) is 29.4 Å². The summed E-state index contributed by atoms with van der Waals surface area (Å²) in [4.78, 5) is 9.09. The van der Waals surface area contributed by atoms with Gasteiger partial charge in [-0.1, -0.05) is 6.07 Å². The van der Waals surface area contributed by atoms with Crippen molar-refractivity contribution in [3.05, 3.63) is 39.8 Å².